The molecule has 28 heavy (non-hydrogen) atoms. The largest absolute Gasteiger partial charge is 0.322 e. The number of hydrogen-bond donors (Lipinski definition) is 1. The third-order valence-electron chi connectivity index (χ3n) is 4.87. The lowest BCUT2D eigenvalue weighted by Crippen LogP contribution is -2.31. The zero-order valence-corrected chi connectivity index (χ0v) is 16.5. The third-order valence-corrected chi connectivity index (χ3v) is 5.82. The maximum absolute atomic E-state index is 12.7. The minimum absolute atomic E-state index is 0.165. The second-order valence-corrected chi connectivity index (χ2v) is 8.16. The van der Waals surface area contributed by atoms with E-state index in [-0.39, 0.29) is 11.5 Å². The molecule has 3 aromatic rings. The average molecular weight is 395 g/mol. The number of benzene rings is 2. The number of hydrogen-bond acceptors (Lipinski definition) is 5. The maximum atomic E-state index is 12.7. The van der Waals surface area contributed by atoms with E-state index in [0.717, 1.165) is 25.3 Å². The van der Waals surface area contributed by atoms with E-state index in [1.807, 2.05) is 30.0 Å². The highest BCUT2D eigenvalue weighted by Gasteiger charge is 2.12. The smallest absolute Gasteiger partial charge is 0.260 e. The van der Waals surface area contributed by atoms with E-state index < -0.39 is 0 Å². The highest BCUT2D eigenvalue weighted by atomic mass is 32.2. The van der Waals surface area contributed by atoms with Crippen molar-refractivity contribution in [2.24, 2.45) is 7.05 Å². The van der Waals surface area contributed by atoms with Crippen LogP contribution in [0.4, 0.5) is 5.69 Å². The first-order valence-corrected chi connectivity index (χ1v) is 10.4. The predicted octanol–water partition coefficient (Wildman–Crippen LogP) is 2.73. The van der Waals surface area contributed by atoms with Crippen molar-refractivity contribution in [2.45, 2.75) is 6.54 Å². The van der Waals surface area contributed by atoms with Crippen LogP contribution in [-0.2, 0) is 13.6 Å². The fraction of sp³-hybridized carbons (Fsp3) is 0.286. The molecule has 2 heterocycles. The number of nitrogens with zero attached hydrogens (tertiary/aromatic N) is 3. The van der Waals surface area contributed by atoms with Gasteiger partial charge in [0.1, 0.15) is 0 Å². The van der Waals surface area contributed by atoms with E-state index in [1.54, 1.807) is 25.2 Å². The Hall–Kier alpha value is -2.64. The van der Waals surface area contributed by atoms with Gasteiger partial charge in [-0.15, -0.1) is 0 Å². The molecule has 0 radical (unpaired) electrons. The Balaban J connectivity index is 1.52. The standard InChI is InChI=1S/C21H22N4O2S/c1-24-14-22-19-6-5-16(12-18(19)21(24)27)20(26)23-17-4-2-3-15(11-17)13-25-7-9-28-10-8-25/h2-6,11-12,14H,7-10,13H2,1H3,(H,23,26). The number of anilines is 1. The van der Waals surface area contributed by atoms with Crippen molar-refractivity contribution in [3.8, 4) is 0 Å². The monoisotopic (exact) mass is 394 g/mol. The maximum Gasteiger partial charge on any atom is 0.260 e. The Morgan fingerprint density at radius 3 is 2.82 bits per heavy atom. The number of fused-ring (bicyclic) bond motifs is 1. The van der Waals surface area contributed by atoms with Crippen molar-refractivity contribution in [2.75, 3.05) is 29.9 Å². The Kier molecular flexibility index (Phi) is 5.45. The van der Waals surface area contributed by atoms with Crippen molar-refractivity contribution in [1.82, 2.24) is 14.5 Å². The van der Waals surface area contributed by atoms with Crippen molar-refractivity contribution < 1.29 is 4.79 Å². The quantitative estimate of drug-likeness (QED) is 0.737. The van der Waals surface area contributed by atoms with Crippen LogP contribution in [-0.4, -0.2) is 45.0 Å². The van der Waals surface area contributed by atoms with Crippen molar-refractivity contribution in [1.29, 1.82) is 0 Å². The van der Waals surface area contributed by atoms with Crippen LogP contribution < -0.4 is 10.9 Å². The number of rotatable bonds is 4. The molecular weight excluding hydrogens is 372 g/mol. The lowest BCUT2D eigenvalue weighted by molar-refractivity contribution is 0.102. The van der Waals surface area contributed by atoms with Gasteiger partial charge in [-0.2, -0.15) is 11.8 Å². The summed E-state index contributed by atoms with van der Waals surface area (Å²) >= 11 is 1.99. The number of amides is 1. The molecule has 1 fully saturated rings. The number of nitrogens with one attached hydrogen (secondary N) is 1. The molecule has 4 rings (SSSR count). The SMILES string of the molecule is Cn1cnc2ccc(C(=O)Nc3cccc(CN4CCSCC4)c3)cc2c1=O. The van der Waals surface area contributed by atoms with E-state index in [2.05, 4.69) is 21.3 Å². The molecule has 144 valence electrons. The fourth-order valence-electron chi connectivity index (χ4n) is 3.32. The molecule has 1 amide bonds. The summed E-state index contributed by atoms with van der Waals surface area (Å²) in [4.78, 5) is 31.6. The predicted molar refractivity (Wildman–Crippen MR) is 114 cm³/mol. The fourth-order valence-corrected chi connectivity index (χ4v) is 4.30. The Morgan fingerprint density at radius 1 is 1.18 bits per heavy atom. The van der Waals surface area contributed by atoms with E-state index in [1.165, 1.54) is 28.0 Å². The van der Waals surface area contributed by atoms with Gasteiger partial charge in [-0.1, -0.05) is 12.1 Å². The molecule has 7 heteroatoms. The second kappa shape index (κ2) is 8.16. The van der Waals surface area contributed by atoms with Crippen LogP contribution in [0.2, 0.25) is 0 Å². The zero-order chi connectivity index (χ0) is 19.5. The van der Waals surface area contributed by atoms with Gasteiger partial charge in [-0.25, -0.2) is 4.98 Å². The van der Waals surface area contributed by atoms with Crippen LogP contribution in [0.3, 0.4) is 0 Å². The van der Waals surface area contributed by atoms with Gasteiger partial charge in [0.05, 0.1) is 17.2 Å². The highest BCUT2D eigenvalue weighted by Crippen LogP contribution is 2.17. The normalized spacial score (nSPS) is 14.9. The van der Waals surface area contributed by atoms with Crippen LogP contribution in [0.15, 0.2) is 53.6 Å². The van der Waals surface area contributed by atoms with Gasteiger partial charge in [-0.3, -0.25) is 14.5 Å². The van der Waals surface area contributed by atoms with E-state index in [9.17, 15) is 9.59 Å². The summed E-state index contributed by atoms with van der Waals surface area (Å²) in [6.45, 7) is 3.09. The second-order valence-electron chi connectivity index (χ2n) is 6.94. The average Bonchev–Trinajstić information content (AvgIpc) is 2.71. The van der Waals surface area contributed by atoms with Gasteiger partial charge >= 0.3 is 0 Å². The number of carbonyl (C=O) groups is 1. The van der Waals surface area contributed by atoms with E-state index >= 15 is 0 Å². The number of aryl methyl sites for hydroxylation is 1. The Morgan fingerprint density at radius 2 is 2.00 bits per heavy atom. The first kappa shape index (κ1) is 18.7. The summed E-state index contributed by atoms with van der Waals surface area (Å²) in [6.07, 6.45) is 1.48. The molecule has 1 N–H and O–H groups in total. The van der Waals surface area contributed by atoms with E-state index in [0.29, 0.717) is 16.5 Å². The van der Waals surface area contributed by atoms with Crippen molar-refractivity contribution in [3.63, 3.8) is 0 Å². The minimum atomic E-state index is -0.237. The lowest BCUT2D eigenvalue weighted by Gasteiger charge is -2.26. The highest BCUT2D eigenvalue weighted by molar-refractivity contribution is 7.99. The molecule has 1 aliphatic heterocycles. The van der Waals surface area contributed by atoms with Gasteiger partial charge in [0.15, 0.2) is 0 Å². The van der Waals surface area contributed by atoms with Crippen LogP contribution in [0.5, 0.6) is 0 Å². The molecule has 6 nitrogen and oxygen atoms in total. The summed E-state index contributed by atoms with van der Waals surface area (Å²) in [5.41, 5.74) is 2.80. The molecule has 0 aliphatic carbocycles. The van der Waals surface area contributed by atoms with Crippen LogP contribution >= 0.6 is 11.8 Å². The first-order valence-electron chi connectivity index (χ1n) is 9.26. The molecular formula is C21H22N4O2S. The van der Waals surface area contributed by atoms with Gasteiger partial charge in [-0.05, 0) is 35.9 Å². The topological polar surface area (TPSA) is 67.2 Å². The molecule has 1 aromatic heterocycles. The van der Waals surface area contributed by atoms with Gasteiger partial charge in [0.25, 0.3) is 11.5 Å². The summed E-state index contributed by atoms with van der Waals surface area (Å²) in [5.74, 6) is 2.11. The molecule has 0 saturated carbocycles. The van der Waals surface area contributed by atoms with Crippen LogP contribution in [0.25, 0.3) is 10.9 Å². The Labute approximate surface area is 167 Å². The van der Waals surface area contributed by atoms with Gasteiger partial charge < -0.3 is 9.88 Å². The summed E-state index contributed by atoms with van der Waals surface area (Å²) < 4.78 is 1.41. The summed E-state index contributed by atoms with van der Waals surface area (Å²) in [6, 6.07) is 13.0. The molecule has 0 bridgehead atoms. The van der Waals surface area contributed by atoms with Crippen LogP contribution in [0, 0.1) is 0 Å². The number of thioether (sulfide) groups is 1. The third kappa shape index (κ3) is 4.10. The number of aromatic nitrogens is 2. The van der Waals surface area contributed by atoms with E-state index in [4.69, 9.17) is 0 Å². The Bertz CT molecular complexity index is 1070. The molecule has 0 unspecified atom stereocenters. The van der Waals surface area contributed by atoms with Crippen molar-refractivity contribution in [3.05, 3.63) is 70.3 Å². The number of carbonyl (C=O) groups excluding carboxylic acids is 1. The molecule has 1 saturated heterocycles. The van der Waals surface area contributed by atoms with Crippen LogP contribution in [0.1, 0.15) is 15.9 Å². The van der Waals surface area contributed by atoms with Gasteiger partial charge in [0.2, 0.25) is 0 Å². The molecule has 0 atom stereocenters. The molecule has 0 spiro atoms. The lowest BCUT2D eigenvalue weighted by atomic mass is 10.1. The molecule has 1 aliphatic rings. The summed E-state index contributed by atoms with van der Waals surface area (Å²) in [7, 11) is 1.65. The van der Waals surface area contributed by atoms with Crippen molar-refractivity contribution >= 4 is 34.3 Å². The first-order chi connectivity index (χ1) is 13.6. The summed E-state index contributed by atoms with van der Waals surface area (Å²) in [5, 5.41) is 3.38. The zero-order valence-electron chi connectivity index (χ0n) is 15.7. The molecule has 2 aromatic carbocycles. The van der Waals surface area contributed by atoms with Gasteiger partial charge in [0, 0.05) is 49.4 Å². The minimum Gasteiger partial charge on any atom is -0.322 e.